The molecule has 3 nitrogen and oxygen atoms in total. The number of hydrogen-bond donors (Lipinski definition) is 1. The molecule has 0 unspecified atom stereocenters. The first-order valence-electron chi connectivity index (χ1n) is 5.30. The van der Waals surface area contributed by atoms with E-state index in [2.05, 4.69) is 0 Å². The Morgan fingerprint density at radius 3 is 2.27 bits per heavy atom. The van der Waals surface area contributed by atoms with Crippen molar-refractivity contribution < 1.29 is 45.7 Å². The number of hydrogen-bond acceptors (Lipinski definition) is 2. The normalized spacial score (nSPS) is 11.6. The van der Waals surface area contributed by atoms with E-state index < -0.39 is 5.97 Å². The van der Waals surface area contributed by atoms with Crippen molar-refractivity contribution >= 4 is 11.8 Å². The van der Waals surface area contributed by atoms with E-state index >= 15 is 0 Å². The average molecular weight is 224 g/mol. The third kappa shape index (κ3) is 10.4. The molecule has 0 aromatic heterocycles. The van der Waals surface area contributed by atoms with Crippen LogP contribution in [0.25, 0.3) is 0 Å². The SMILES string of the molecule is CCC[C@H](CCCCC(C)=O)C(=O)O.[H-].[Na+]. The van der Waals surface area contributed by atoms with Gasteiger partial charge < -0.3 is 11.3 Å². The van der Waals surface area contributed by atoms with Crippen molar-refractivity contribution in [2.75, 3.05) is 0 Å². The molecule has 0 spiro atoms. The predicted molar refractivity (Wildman–Crippen MR) is 56.3 cm³/mol. The summed E-state index contributed by atoms with van der Waals surface area (Å²) in [7, 11) is 0. The zero-order valence-corrected chi connectivity index (χ0v) is 12.1. The Morgan fingerprint density at radius 2 is 1.87 bits per heavy atom. The number of aliphatic carboxylic acids is 1. The van der Waals surface area contributed by atoms with Crippen LogP contribution >= 0.6 is 0 Å². The summed E-state index contributed by atoms with van der Waals surface area (Å²) in [6.07, 6.45) is 4.60. The van der Waals surface area contributed by atoms with Gasteiger partial charge in [0.1, 0.15) is 5.78 Å². The Labute approximate surface area is 115 Å². The van der Waals surface area contributed by atoms with Crippen LogP contribution in [0.4, 0.5) is 0 Å². The molecule has 0 rings (SSSR count). The summed E-state index contributed by atoms with van der Waals surface area (Å²) < 4.78 is 0. The molecule has 1 atom stereocenters. The van der Waals surface area contributed by atoms with Crippen LogP contribution in [-0.2, 0) is 9.59 Å². The van der Waals surface area contributed by atoms with Gasteiger partial charge in [-0.05, 0) is 26.2 Å². The quantitative estimate of drug-likeness (QED) is 0.457. The monoisotopic (exact) mass is 224 g/mol. The van der Waals surface area contributed by atoms with Gasteiger partial charge in [-0.1, -0.05) is 19.8 Å². The van der Waals surface area contributed by atoms with E-state index in [1.165, 1.54) is 0 Å². The van der Waals surface area contributed by atoms with E-state index in [9.17, 15) is 9.59 Å². The van der Waals surface area contributed by atoms with Crippen LogP contribution in [0.5, 0.6) is 0 Å². The summed E-state index contributed by atoms with van der Waals surface area (Å²) in [6, 6.07) is 0. The summed E-state index contributed by atoms with van der Waals surface area (Å²) in [6.45, 7) is 3.56. The molecule has 0 aromatic rings. The summed E-state index contributed by atoms with van der Waals surface area (Å²) in [5, 5.41) is 8.85. The fourth-order valence-electron chi connectivity index (χ4n) is 1.50. The van der Waals surface area contributed by atoms with E-state index in [4.69, 9.17) is 5.11 Å². The molecule has 0 bridgehead atoms. The topological polar surface area (TPSA) is 54.4 Å². The molecule has 0 fully saturated rings. The Morgan fingerprint density at radius 1 is 1.27 bits per heavy atom. The number of carbonyl (C=O) groups is 2. The maximum atomic E-state index is 10.8. The molecule has 0 saturated carbocycles. The Hall–Kier alpha value is 0.140. The van der Waals surface area contributed by atoms with Gasteiger partial charge in [0.25, 0.3) is 0 Å². The minimum atomic E-state index is -0.699. The van der Waals surface area contributed by atoms with E-state index in [0.717, 1.165) is 25.7 Å². The summed E-state index contributed by atoms with van der Waals surface area (Å²) >= 11 is 0. The number of carboxylic acids is 1. The van der Waals surface area contributed by atoms with Crippen molar-refractivity contribution in [2.24, 2.45) is 5.92 Å². The van der Waals surface area contributed by atoms with Crippen LogP contribution in [0.15, 0.2) is 0 Å². The van der Waals surface area contributed by atoms with Gasteiger partial charge in [-0.2, -0.15) is 0 Å². The van der Waals surface area contributed by atoms with Crippen molar-refractivity contribution in [3.8, 4) is 0 Å². The van der Waals surface area contributed by atoms with Crippen molar-refractivity contribution in [1.82, 2.24) is 0 Å². The maximum absolute atomic E-state index is 10.8. The molecule has 0 radical (unpaired) electrons. The van der Waals surface area contributed by atoms with Crippen molar-refractivity contribution in [1.29, 1.82) is 0 Å². The predicted octanol–water partition coefficient (Wildman–Crippen LogP) is -0.247. The number of unbranched alkanes of at least 4 members (excludes halogenated alkanes) is 1. The number of carbonyl (C=O) groups excluding carboxylic acids is 1. The van der Waals surface area contributed by atoms with E-state index in [1.54, 1.807) is 6.92 Å². The number of carboxylic acid groups (broad SMARTS) is 1. The van der Waals surface area contributed by atoms with E-state index in [-0.39, 0.29) is 42.7 Å². The average Bonchev–Trinajstić information content (AvgIpc) is 2.09. The van der Waals surface area contributed by atoms with Gasteiger partial charge in [0.05, 0.1) is 5.92 Å². The third-order valence-electron chi connectivity index (χ3n) is 2.32. The zero-order valence-electron chi connectivity index (χ0n) is 11.1. The maximum Gasteiger partial charge on any atom is 1.00 e. The first-order valence-corrected chi connectivity index (χ1v) is 5.30. The van der Waals surface area contributed by atoms with E-state index in [0.29, 0.717) is 12.8 Å². The molecular formula is C11H21NaO3. The Kier molecular flexibility index (Phi) is 12.4. The minimum absolute atomic E-state index is 0. The first kappa shape index (κ1) is 17.5. The third-order valence-corrected chi connectivity index (χ3v) is 2.32. The molecule has 84 valence electrons. The molecule has 0 aliphatic carbocycles. The smallest absolute Gasteiger partial charge is 1.00 e. The summed E-state index contributed by atoms with van der Waals surface area (Å²) in [4.78, 5) is 21.4. The molecule has 0 saturated heterocycles. The van der Waals surface area contributed by atoms with Crippen LogP contribution < -0.4 is 29.6 Å². The Balaban J connectivity index is -0.000000845. The molecule has 0 aliphatic heterocycles. The molecular weight excluding hydrogens is 203 g/mol. The van der Waals surface area contributed by atoms with Gasteiger partial charge in [0, 0.05) is 6.42 Å². The second-order valence-corrected chi connectivity index (χ2v) is 3.77. The standard InChI is InChI=1S/C11H20O3.Na.H/c1-3-6-10(11(13)14)8-5-4-7-9(2)12;;/h10H,3-8H2,1-2H3,(H,13,14);;/q;+1;-1/t10-;;/m1../s1. The summed E-state index contributed by atoms with van der Waals surface area (Å²) in [5.41, 5.74) is 0. The van der Waals surface area contributed by atoms with Crippen LogP contribution in [0.1, 0.15) is 53.8 Å². The largest absolute Gasteiger partial charge is 1.00 e. The molecule has 0 heterocycles. The van der Waals surface area contributed by atoms with Crippen LogP contribution in [-0.4, -0.2) is 16.9 Å². The van der Waals surface area contributed by atoms with Crippen molar-refractivity contribution in [3.05, 3.63) is 0 Å². The molecule has 0 amide bonds. The van der Waals surface area contributed by atoms with E-state index in [1.807, 2.05) is 6.92 Å². The number of rotatable bonds is 8. The van der Waals surface area contributed by atoms with Gasteiger partial charge in [-0.3, -0.25) is 4.79 Å². The van der Waals surface area contributed by atoms with Gasteiger partial charge in [-0.25, -0.2) is 0 Å². The second-order valence-electron chi connectivity index (χ2n) is 3.77. The summed E-state index contributed by atoms with van der Waals surface area (Å²) in [5.74, 6) is -0.728. The van der Waals surface area contributed by atoms with Gasteiger partial charge in [0.15, 0.2) is 0 Å². The molecule has 4 heteroatoms. The number of Topliss-reactive ketones (excluding diaryl/α,β-unsaturated/α-hetero) is 1. The van der Waals surface area contributed by atoms with Crippen LogP contribution in [0.2, 0.25) is 0 Å². The molecule has 0 aromatic carbocycles. The number of ketones is 1. The second kappa shape index (κ2) is 10.7. The molecule has 15 heavy (non-hydrogen) atoms. The zero-order chi connectivity index (χ0) is 11.0. The fraction of sp³-hybridized carbons (Fsp3) is 0.818. The van der Waals surface area contributed by atoms with Gasteiger partial charge >= 0.3 is 35.5 Å². The van der Waals surface area contributed by atoms with Gasteiger partial charge in [0.2, 0.25) is 0 Å². The minimum Gasteiger partial charge on any atom is -1.00 e. The van der Waals surface area contributed by atoms with Crippen molar-refractivity contribution in [3.63, 3.8) is 0 Å². The Bertz CT molecular complexity index is 198. The van der Waals surface area contributed by atoms with Crippen LogP contribution in [0, 0.1) is 5.92 Å². The first-order chi connectivity index (χ1) is 6.57. The fourth-order valence-corrected chi connectivity index (χ4v) is 1.50. The van der Waals surface area contributed by atoms with Crippen molar-refractivity contribution in [2.45, 2.75) is 52.4 Å². The van der Waals surface area contributed by atoms with Gasteiger partial charge in [-0.15, -0.1) is 0 Å². The van der Waals surface area contributed by atoms with Crippen LogP contribution in [0.3, 0.4) is 0 Å². The molecule has 1 N–H and O–H groups in total. The molecule has 0 aliphatic rings.